The molecule has 0 bridgehead atoms. The van der Waals surface area contributed by atoms with Gasteiger partial charge in [0.25, 0.3) is 5.56 Å². The molecule has 114 valence electrons. The largest absolute Gasteiger partial charge is 0.358 e. The molecule has 2 aromatic heterocycles. The molecule has 2 aromatic rings. The summed E-state index contributed by atoms with van der Waals surface area (Å²) in [6, 6.07) is 3.61. The van der Waals surface area contributed by atoms with Gasteiger partial charge in [-0.1, -0.05) is 31.6 Å². The fourth-order valence-electron chi connectivity index (χ4n) is 1.73. The van der Waals surface area contributed by atoms with Crippen molar-refractivity contribution in [2.45, 2.75) is 52.6 Å². The minimum absolute atomic E-state index is 0.0744. The molecule has 2 rings (SSSR count). The summed E-state index contributed by atoms with van der Waals surface area (Å²) in [6.45, 7) is 6.95. The van der Waals surface area contributed by atoms with Crippen LogP contribution in [-0.2, 0) is 6.54 Å². The number of hydrogen-bond donors (Lipinski definition) is 1. The minimum atomic E-state index is -0.0744. The van der Waals surface area contributed by atoms with E-state index >= 15 is 0 Å². The summed E-state index contributed by atoms with van der Waals surface area (Å²) in [7, 11) is 0. The zero-order chi connectivity index (χ0) is 15.2. The van der Waals surface area contributed by atoms with E-state index in [1.54, 1.807) is 12.1 Å². The number of nitrogens with zero attached hydrogens (tertiary/aromatic N) is 4. The third kappa shape index (κ3) is 4.10. The van der Waals surface area contributed by atoms with Gasteiger partial charge in [-0.3, -0.25) is 4.79 Å². The second kappa shape index (κ2) is 7.31. The number of anilines is 1. The Labute approximate surface area is 128 Å². The Morgan fingerprint density at radius 1 is 1.33 bits per heavy atom. The van der Waals surface area contributed by atoms with Gasteiger partial charge in [-0.15, -0.1) is 10.2 Å². The highest BCUT2D eigenvalue weighted by atomic mass is 32.1. The predicted molar refractivity (Wildman–Crippen MR) is 85.7 cm³/mol. The van der Waals surface area contributed by atoms with Crippen LogP contribution in [0.4, 0.5) is 5.13 Å². The highest BCUT2D eigenvalue weighted by Gasteiger charge is 2.11. The maximum atomic E-state index is 11.8. The molecule has 0 saturated heterocycles. The van der Waals surface area contributed by atoms with Crippen molar-refractivity contribution in [3.63, 3.8) is 0 Å². The minimum Gasteiger partial charge on any atom is -0.358 e. The lowest BCUT2D eigenvalue weighted by Crippen LogP contribution is -2.22. The molecular weight excluding hydrogens is 286 g/mol. The summed E-state index contributed by atoms with van der Waals surface area (Å²) in [4.78, 5) is 11.8. The highest BCUT2D eigenvalue weighted by Crippen LogP contribution is 2.24. The van der Waals surface area contributed by atoms with Crippen molar-refractivity contribution in [3.8, 4) is 10.7 Å². The molecule has 0 aliphatic carbocycles. The summed E-state index contributed by atoms with van der Waals surface area (Å²) >= 11 is 1.46. The lowest BCUT2D eigenvalue weighted by Gasteiger charge is -2.07. The van der Waals surface area contributed by atoms with Gasteiger partial charge in [0, 0.05) is 18.7 Å². The van der Waals surface area contributed by atoms with Gasteiger partial charge < -0.3 is 5.32 Å². The standard InChI is InChI=1S/C14H21N5OS/c1-4-6-9-19-12(20)8-7-11(18-19)13-16-17-14(21-13)15-10(3)5-2/h7-8,10H,4-6,9H2,1-3H3,(H,15,17). The van der Waals surface area contributed by atoms with E-state index in [-0.39, 0.29) is 5.56 Å². The van der Waals surface area contributed by atoms with Crippen molar-refractivity contribution in [3.05, 3.63) is 22.5 Å². The van der Waals surface area contributed by atoms with Crippen molar-refractivity contribution in [2.75, 3.05) is 5.32 Å². The topological polar surface area (TPSA) is 72.7 Å². The van der Waals surface area contributed by atoms with E-state index in [9.17, 15) is 4.79 Å². The molecule has 1 atom stereocenters. The van der Waals surface area contributed by atoms with Gasteiger partial charge in [-0.25, -0.2) is 4.68 Å². The Kier molecular flexibility index (Phi) is 5.44. The van der Waals surface area contributed by atoms with Gasteiger partial charge in [-0.2, -0.15) is 5.10 Å². The molecule has 0 spiro atoms. The fourth-order valence-corrected chi connectivity index (χ4v) is 2.55. The van der Waals surface area contributed by atoms with Crippen LogP contribution in [0, 0.1) is 0 Å². The van der Waals surface area contributed by atoms with Crippen LogP contribution >= 0.6 is 11.3 Å². The molecule has 2 heterocycles. The van der Waals surface area contributed by atoms with Crippen molar-refractivity contribution in [1.29, 1.82) is 0 Å². The van der Waals surface area contributed by atoms with E-state index in [1.807, 2.05) is 0 Å². The number of hydrogen-bond acceptors (Lipinski definition) is 6. The van der Waals surface area contributed by atoms with Gasteiger partial charge in [0.15, 0.2) is 5.01 Å². The molecule has 0 amide bonds. The Balaban J connectivity index is 2.20. The average molecular weight is 307 g/mol. The van der Waals surface area contributed by atoms with Crippen molar-refractivity contribution in [1.82, 2.24) is 20.0 Å². The SMILES string of the molecule is CCCCn1nc(-c2nnc(NC(C)CC)s2)ccc1=O. The van der Waals surface area contributed by atoms with Crippen molar-refractivity contribution < 1.29 is 0 Å². The normalized spacial score (nSPS) is 12.3. The molecular formula is C14H21N5OS. The quantitative estimate of drug-likeness (QED) is 0.851. The summed E-state index contributed by atoms with van der Waals surface area (Å²) in [5, 5.41) is 17.5. The molecule has 0 fully saturated rings. The van der Waals surface area contributed by atoms with Crippen LogP contribution < -0.4 is 10.9 Å². The van der Waals surface area contributed by atoms with Gasteiger partial charge in [0.2, 0.25) is 5.13 Å². The first kappa shape index (κ1) is 15.6. The van der Waals surface area contributed by atoms with E-state index in [0.717, 1.165) is 29.4 Å². The third-order valence-corrected chi connectivity index (χ3v) is 4.09. The van der Waals surface area contributed by atoms with Crippen LogP contribution in [0.1, 0.15) is 40.0 Å². The number of unbranched alkanes of at least 4 members (excludes halogenated alkanes) is 1. The fraction of sp³-hybridized carbons (Fsp3) is 0.571. The molecule has 0 radical (unpaired) electrons. The van der Waals surface area contributed by atoms with Crippen LogP contribution in [0.5, 0.6) is 0 Å². The first-order valence-corrected chi connectivity index (χ1v) is 8.14. The van der Waals surface area contributed by atoms with E-state index < -0.39 is 0 Å². The molecule has 6 nitrogen and oxygen atoms in total. The van der Waals surface area contributed by atoms with Crippen LogP contribution in [0.15, 0.2) is 16.9 Å². The second-order valence-electron chi connectivity index (χ2n) is 5.00. The third-order valence-electron chi connectivity index (χ3n) is 3.22. The predicted octanol–water partition coefficient (Wildman–Crippen LogP) is 2.77. The zero-order valence-corrected chi connectivity index (χ0v) is 13.5. The smallest absolute Gasteiger partial charge is 0.266 e. The highest BCUT2D eigenvalue weighted by molar-refractivity contribution is 7.18. The molecule has 21 heavy (non-hydrogen) atoms. The van der Waals surface area contributed by atoms with Crippen LogP contribution in [-0.4, -0.2) is 26.0 Å². The number of aryl methyl sites for hydroxylation is 1. The number of aromatic nitrogens is 4. The number of nitrogens with one attached hydrogen (secondary N) is 1. The molecule has 7 heteroatoms. The van der Waals surface area contributed by atoms with Crippen molar-refractivity contribution in [2.24, 2.45) is 0 Å². The Hall–Kier alpha value is -1.76. The summed E-state index contributed by atoms with van der Waals surface area (Å²) in [5.41, 5.74) is 0.620. The summed E-state index contributed by atoms with van der Waals surface area (Å²) in [5.74, 6) is 0. The summed E-state index contributed by atoms with van der Waals surface area (Å²) in [6.07, 6.45) is 2.99. The Morgan fingerprint density at radius 2 is 2.14 bits per heavy atom. The lowest BCUT2D eigenvalue weighted by atomic mass is 10.3. The van der Waals surface area contributed by atoms with Gasteiger partial charge in [-0.05, 0) is 25.8 Å². The molecule has 0 aliphatic rings. The van der Waals surface area contributed by atoms with Gasteiger partial charge >= 0.3 is 0 Å². The molecule has 1 unspecified atom stereocenters. The monoisotopic (exact) mass is 307 g/mol. The number of rotatable bonds is 7. The summed E-state index contributed by atoms with van der Waals surface area (Å²) < 4.78 is 1.50. The molecule has 1 N–H and O–H groups in total. The maximum absolute atomic E-state index is 11.8. The first-order valence-electron chi connectivity index (χ1n) is 7.32. The van der Waals surface area contributed by atoms with Crippen LogP contribution in [0.25, 0.3) is 10.7 Å². The van der Waals surface area contributed by atoms with Crippen LogP contribution in [0.3, 0.4) is 0 Å². The molecule has 0 aromatic carbocycles. The van der Waals surface area contributed by atoms with Crippen molar-refractivity contribution >= 4 is 16.5 Å². The lowest BCUT2D eigenvalue weighted by molar-refractivity contribution is 0.545. The van der Waals surface area contributed by atoms with E-state index in [2.05, 4.69) is 41.4 Å². The van der Waals surface area contributed by atoms with E-state index in [1.165, 1.54) is 16.0 Å². The van der Waals surface area contributed by atoms with Gasteiger partial charge in [0.05, 0.1) is 0 Å². The maximum Gasteiger partial charge on any atom is 0.266 e. The second-order valence-corrected chi connectivity index (χ2v) is 5.98. The van der Waals surface area contributed by atoms with E-state index in [4.69, 9.17) is 0 Å². The van der Waals surface area contributed by atoms with Gasteiger partial charge in [0.1, 0.15) is 5.69 Å². The Bertz CT molecular complexity index is 636. The average Bonchev–Trinajstić information content (AvgIpc) is 2.94. The first-order chi connectivity index (χ1) is 10.1. The molecule has 0 aliphatic heterocycles. The molecule has 0 saturated carbocycles. The Morgan fingerprint density at radius 3 is 2.86 bits per heavy atom. The zero-order valence-electron chi connectivity index (χ0n) is 12.7. The van der Waals surface area contributed by atoms with E-state index in [0.29, 0.717) is 18.3 Å². The van der Waals surface area contributed by atoms with Crippen LogP contribution in [0.2, 0.25) is 0 Å².